The molecule has 7 heteroatoms. The number of carboxylic acid groups (broad SMARTS) is 1. The van der Waals surface area contributed by atoms with E-state index < -0.39 is 5.97 Å². The van der Waals surface area contributed by atoms with Gasteiger partial charge in [-0.15, -0.1) is 0 Å². The zero-order valence-electron chi connectivity index (χ0n) is 15.9. The van der Waals surface area contributed by atoms with Crippen molar-refractivity contribution in [1.82, 2.24) is 14.9 Å². The van der Waals surface area contributed by atoms with Crippen LogP contribution in [0.25, 0.3) is 0 Å². The van der Waals surface area contributed by atoms with Crippen LogP contribution in [-0.4, -0.2) is 39.0 Å². The van der Waals surface area contributed by atoms with E-state index in [0.29, 0.717) is 5.92 Å². The zero-order valence-corrected chi connectivity index (χ0v) is 16.7. The van der Waals surface area contributed by atoms with Crippen LogP contribution in [0.5, 0.6) is 0 Å². The monoisotopic (exact) mass is 396 g/mol. The third kappa shape index (κ3) is 4.54. The fraction of sp³-hybridized carbons (Fsp3) is 0.381. The van der Waals surface area contributed by atoms with E-state index in [1.807, 2.05) is 6.92 Å². The van der Waals surface area contributed by atoms with Crippen molar-refractivity contribution in [3.05, 3.63) is 47.8 Å². The molecule has 1 saturated heterocycles. The maximum atomic E-state index is 10.8. The fourth-order valence-electron chi connectivity index (χ4n) is 3.91. The molecule has 28 heavy (non-hydrogen) atoms. The molecule has 0 atom stereocenters. The van der Waals surface area contributed by atoms with Crippen LogP contribution in [0.1, 0.15) is 31.7 Å². The Morgan fingerprint density at radius 2 is 2.11 bits per heavy atom. The third-order valence-electron chi connectivity index (χ3n) is 5.26. The Labute approximate surface area is 169 Å². The van der Waals surface area contributed by atoms with E-state index in [9.17, 15) is 4.79 Å². The molecule has 1 aromatic heterocycles. The number of piperidine rings is 1. The van der Waals surface area contributed by atoms with Crippen molar-refractivity contribution in [2.24, 2.45) is 5.92 Å². The Morgan fingerprint density at radius 3 is 2.89 bits per heavy atom. The van der Waals surface area contributed by atoms with Crippen LogP contribution in [-0.2, 0) is 11.3 Å². The molecular weight excluding hydrogens is 372 g/mol. The summed E-state index contributed by atoms with van der Waals surface area (Å²) in [5.74, 6) is 0.564. The minimum atomic E-state index is -0.845. The Morgan fingerprint density at radius 1 is 1.32 bits per heavy atom. The smallest absolute Gasteiger partial charge is 0.328 e. The average Bonchev–Trinajstić information content (AvgIpc) is 2.67. The number of benzene rings is 1. The lowest BCUT2D eigenvalue weighted by Gasteiger charge is -2.32. The Hall–Kier alpha value is -2.38. The molecule has 0 radical (unpaired) electrons. The minimum Gasteiger partial charge on any atom is -0.478 e. The van der Waals surface area contributed by atoms with Gasteiger partial charge >= 0.3 is 5.97 Å². The quantitative estimate of drug-likeness (QED) is 0.622. The molecule has 0 unspecified atom stereocenters. The van der Waals surface area contributed by atoms with Crippen LogP contribution in [0.15, 0.2) is 52.2 Å². The van der Waals surface area contributed by atoms with E-state index in [2.05, 4.69) is 38.4 Å². The van der Waals surface area contributed by atoms with E-state index in [1.54, 1.807) is 24.2 Å². The number of carboxylic acids is 1. The lowest BCUT2D eigenvalue weighted by molar-refractivity contribution is -0.131. The van der Waals surface area contributed by atoms with Gasteiger partial charge in [0.2, 0.25) is 0 Å². The Bertz CT molecular complexity index is 907. The summed E-state index contributed by atoms with van der Waals surface area (Å²) in [4.78, 5) is 23.2. The standard InChI is InChI=1S/C21H24N4O2S/c1-14(11-19(26)27)10-15-4-8-25(9-5-15)13-16-2-3-18-17(12-16)24-20-21(28-18)23-7-6-22-20/h2-3,6-7,11-12,15H,4-5,8-10,13H2,1H3,(H,22,24)(H,26,27)/b14-11+. The highest BCUT2D eigenvalue weighted by atomic mass is 32.2. The van der Waals surface area contributed by atoms with Gasteiger partial charge < -0.3 is 10.4 Å². The van der Waals surface area contributed by atoms with Crippen molar-refractivity contribution in [1.29, 1.82) is 0 Å². The summed E-state index contributed by atoms with van der Waals surface area (Å²) in [5, 5.41) is 13.2. The molecule has 4 rings (SSSR count). The summed E-state index contributed by atoms with van der Waals surface area (Å²) in [7, 11) is 0. The van der Waals surface area contributed by atoms with Crippen molar-refractivity contribution < 1.29 is 9.90 Å². The van der Waals surface area contributed by atoms with Crippen LogP contribution in [0.2, 0.25) is 0 Å². The molecule has 2 aromatic rings. The second-order valence-corrected chi connectivity index (χ2v) is 8.55. The highest BCUT2D eigenvalue weighted by molar-refractivity contribution is 7.99. The first-order chi connectivity index (χ1) is 13.6. The first-order valence-corrected chi connectivity index (χ1v) is 10.4. The number of nitrogens with zero attached hydrogens (tertiary/aromatic N) is 3. The van der Waals surface area contributed by atoms with Crippen molar-refractivity contribution >= 4 is 29.2 Å². The number of aromatic nitrogens is 2. The average molecular weight is 397 g/mol. The molecule has 6 nitrogen and oxygen atoms in total. The molecule has 0 spiro atoms. The van der Waals surface area contributed by atoms with Crippen LogP contribution in [0.3, 0.4) is 0 Å². The number of anilines is 2. The van der Waals surface area contributed by atoms with E-state index in [1.165, 1.54) is 16.5 Å². The molecule has 1 aromatic carbocycles. The van der Waals surface area contributed by atoms with E-state index in [0.717, 1.165) is 61.0 Å². The summed E-state index contributed by atoms with van der Waals surface area (Å²) in [5.41, 5.74) is 3.35. The van der Waals surface area contributed by atoms with Crippen LogP contribution in [0.4, 0.5) is 11.5 Å². The van der Waals surface area contributed by atoms with Gasteiger partial charge in [-0.05, 0) is 62.9 Å². The van der Waals surface area contributed by atoms with Gasteiger partial charge in [-0.1, -0.05) is 23.4 Å². The van der Waals surface area contributed by atoms with E-state index >= 15 is 0 Å². The molecule has 0 aliphatic carbocycles. The minimum absolute atomic E-state index is 0.587. The summed E-state index contributed by atoms with van der Waals surface area (Å²) < 4.78 is 0. The largest absolute Gasteiger partial charge is 0.478 e. The topological polar surface area (TPSA) is 78.4 Å². The van der Waals surface area contributed by atoms with Gasteiger partial charge in [-0.2, -0.15) is 0 Å². The second-order valence-electron chi connectivity index (χ2n) is 7.52. The number of carbonyl (C=O) groups is 1. The zero-order chi connectivity index (χ0) is 19.5. The lowest BCUT2D eigenvalue weighted by atomic mass is 9.90. The van der Waals surface area contributed by atoms with Gasteiger partial charge in [-0.3, -0.25) is 4.90 Å². The molecule has 2 aliphatic heterocycles. The normalized spacial score (nSPS) is 17.5. The predicted molar refractivity (Wildman–Crippen MR) is 110 cm³/mol. The third-order valence-corrected chi connectivity index (χ3v) is 6.33. The number of nitrogens with one attached hydrogen (secondary N) is 1. The number of hydrogen-bond donors (Lipinski definition) is 2. The molecule has 2 aliphatic rings. The molecule has 146 valence electrons. The Kier molecular flexibility index (Phi) is 5.64. The maximum absolute atomic E-state index is 10.8. The van der Waals surface area contributed by atoms with Crippen molar-refractivity contribution in [3.63, 3.8) is 0 Å². The fourth-order valence-corrected chi connectivity index (χ4v) is 4.79. The first-order valence-electron chi connectivity index (χ1n) is 9.58. The van der Waals surface area contributed by atoms with Gasteiger partial charge in [0.05, 0.1) is 5.69 Å². The molecule has 1 fully saturated rings. The Balaban J connectivity index is 1.33. The molecule has 0 saturated carbocycles. The summed E-state index contributed by atoms with van der Waals surface area (Å²) in [6, 6.07) is 6.57. The van der Waals surface area contributed by atoms with Gasteiger partial charge in [0.15, 0.2) is 5.82 Å². The van der Waals surface area contributed by atoms with Crippen molar-refractivity contribution in [2.75, 3.05) is 18.4 Å². The van der Waals surface area contributed by atoms with E-state index in [-0.39, 0.29) is 0 Å². The van der Waals surface area contributed by atoms with Crippen molar-refractivity contribution in [2.45, 2.75) is 42.7 Å². The highest BCUT2D eigenvalue weighted by Gasteiger charge is 2.21. The second kappa shape index (κ2) is 8.32. The van der Waals surface area contributed by atoms with Gasteiger partial charge in [-0.25, -0.2) is 14.8 Å². The van der Waals surface area contributed by atoms with Gasteiger partial charge in [0.1, 0.15) is 5.03 Å². The molecular formula is C21H24N4O2S. The molecule has 0 amide bonds. The number of aliphatic carboxylic acids is 1. The van der Waals surface area contributed by atoms with E-state index in [4.69, 9.17) is 5.11 Å². The maximum Gasteiger partial charge on any atom is 0.328 e. The molecule has 0 bridgehead atoms. The lowest BCUT2D eigenvalue weighted by Crippen LogP contribution is -2.33. The SMILES string of the molecule is C/C(=C\C(=O)O)CC1CCN(Cc2ccc3c(c2)Nc2nccnc2S3)CC1. The first kappa shape index (κ1) is 19.0. The van der Waals surface area contributed by atoms with Crippen LogP contribution in [0, 0.1) is 5.92 Å². The molecule has 2 N–H and O–H groups in total. The van der Waals surface area contributed by atoms with Crippen molar-refractivity contribution in [3.8, 4) is 0 Å². The number of rotatable bonds is 5. The van der Waals surface area contributed by atoms with Gasteiger partial charge in [0, 0.05) is 29.9 Å². The number of allylic oxidation sites excluding steroid dienone is 1. The number of likely N-dealkylation sites (tertiary alicyclic amines) is 1. The predicted octanol–water partition coefficient (Wildman–Crippen LogP) is 4.32. The summed E-state index contributed by atoms with van der Waals surface area (Å²) in [6.45, 7) is 4.96. The molecule has 3 heterocycles. The van der Waals surface area contributed by atoms with Crippen LogP contribution < -0.4 is 5.32 Å². The summed E-state index contributed by atoms with van der Waals surface area (Å²) >= 11 is 1.65. The number of hydrogen-bond acceptors (Lipinski definition) is 6. The summed E-state index contributed by atoms with van der Waals surface area (Å²) in [6.07, 6.45) is 7.89. The number of fused-ring (bicyclic) bond motifs is 2. The van der Waals surface area contributed by atoms with Crippen LogP contribution >= 0.6 is 11.8 Å². The van der Waals surface area contributed by atoms with Gasteiger partial charge in [0.25, 0.3) is 0 Å². The highest BCUT2D eigenvalue weighted by Crippen LogP contribution is 2.42.